The van der Waals surface area contributed by atoms with Gasteiger partial charge in [-0.1, -0.05) is 6.92 Å². The van der Waals surface area contributed by atoms with Crippen LogP contribution in [-0.4, -0.2) is 51.3 Å². The summed E-state index contributed by atoms with van der Waals surface area (Å²) in [5.41, 5.74) is -0.381. The summed E-state index contributed by atoms with van der Waals surface area (Å²) in [6, 6.07) is -1.36. The minimum absolute atomic E-state index is 0.0720. The maximum absolute atomic E-state index is 11.9. The molecule has 3 N–H and O–H groups in total. The Morgan fingerprint density at radius 2 is 2.06 bits per heavy atom. The summed E-state index contributed by atoms with van der Waals surface area (Å²) in [5, 5.41) is 21.2. The number of aliphatic hydroxyl groups is 1. The van der Waals surface area contributed by atoms with Crippen LogP contribution < -0.4 is 5.32 Å². The normalized spacial score (nSPS) is 24.8. The van der Waals surface area contributed by atoms with Crippen LogP contribution in [0.5, 0.6) is 0 Å². The molecule has 17 heavy (non-hydrogen) atoms. The van der Waals surface area contributed by atoms with Crippen LogP contribution >= 0.6 is 0 Å². The lowest BCUT2D eigenvalue weighted by atomic mass is 10.0. The molecular weight excluding hydrogens is 224 g/mol. The van der Waals surface area contributed by atoms with Crippen LogP contribution in [0.15, 0.2) is 0 Å². The summed E-state index contributed by atoms with van der Waals surface area (Å²) in [5.74, 6) is -1.08. The van der Waals surface area contributed by atoms with Gasteiger partial charge in [0.05, 0.1) is 6.10 Å². The summed E-state index contributed by atoms with van der Waals surface area (Å²) in [6.45, 7) is 5.75. The van der Waals surface area contributed by atoms with Gasteiger partial charge in [-0.05, 0) is 20.3 Å². The van der Waals surface area contributed by atoms with Crippen LogP contribution in [0.2, 0.25) is 0 Å². The van der Waals surface area contributed by atoms with Gasteiger partial charge in [-0.15, -0.1) is 0 Å². The molecule has 2 amide bonds. The molecule has 1 heterocycles. The number of β-amino-alcohol motifs (C(OH)–C–C–N with tert-alkyl or cyclic N) is 1. The SMILES string of the molecule is CCC(C)(C)NC(=O)N1CC(O)C[C@H]1C(=O)O. The maximum atomic E-state index is 11.9. The minimum Gasteiger partial charge on any atom is -0.480 e. The second-order valence-corrected chi connectivity index (χ2v) is 5.06. The van der Waals surface area contributed by atoms with E-state index in [-0.39, 0.29) is 18.5 Å². The van der Waals surface area contributed by atoms with E-state index in [0.29, 0.717) is 0 Å². The number of nitrogens with one attached hydrogen (secondary N) is 1. The van der Waals surface area contributed by atoms with Crippen molar-refractivity contribution in [1.29, 1.82) is 0 Å². The van der Waals surface area contributed by atoms with Gasteiger partial charge in [-0.3, -0.25) is 0 Å². The van der Waals surface area contributed by atoms with Crippen molar-refractivity contribution in [2.75, 3.05) is 6.54 Å². The van der Waals surface area contributed by atoms with Crippen molar-refractivity contribution in [2.45, 2.75) is 51.3 Å². The number of nitrogens with zero attached hydrogens (tertiary/aromatic N) is 1. The van der Waals surface area contributed by atoms with E-state index in [1.54, 1.807) is 0 Å². The van der Waals surface area contributed by atoms with Gasteiger partial charge < -0.3 is 20.4 Å². The molecule has 1 aliphatic rings. The number of carbonyl (C=O) groups excluding carboxylic acids is 1. The Balaban J connectivity index is 2.71. The van der Waals surface area contributed by atoms with Gasteiger partial charge >= 0.3 is 12.0 Å². The topological polar surface area (TPSA) is 89.9 Å². The molecule has 0 aromatic rings. The number of carbonyl (C=O) groups is 2. The smallest absolute Gasteiger partial charge is 0.326 e. The molecule has 1 fully saturated rings. The summed E-state index contributed by atoms with van der Waals surface area (Å²) < 4.78 is 0. The molecule has 0 spiro atoms. The Morgan fingerprint density at radius 3 is 2.53 bits per heavy atom. The highest BCUT2D eigenvalue weighted by molar-refractivity contribution is 5.83. The summed E-state index contributed by atoms with van der Waals surface area (Å²) in [6.07, 6.45) is 0.0777. The van der Waals surface area contributed by atoms with Crippen LogP contribution in [-0.2, 0) is 4.79 Å². The summed E-state index contributed by atoms with van der Waals surface area (Å²) >= 11 is 0. The van der Waals surface area contributed by atoms with Crippen molar-refractivity contribution >= 4 is 12.0 Å². The highest BCUT2D eigenvalue weighted by Gasteiger charge is 2.39. The van der Waals surface area contributed by atoms with E-state index in [4.69, 9.17) is 5.11 Å². The van der Waals surface area contributed by atoms with E-state index in [1.807, 2.05) is 20.8 Å². The van der Waals surface area contributed by atoms with Crippen LogP contribution in [0.3, 0.4) is 0 Å². The molecule has 1 saturated heterocycles. The third kappa shape index (κ3) is 3.33. The maximum Gasteiger partial charge on any atom is 0.326 e. The molecule has 0 aliphatic carbocycles. The Morgan fingerprint density at radius 1 is 1.47 bits per heavy atom. The largest absolute Gasteiger partial charge is 0.480 e. The van der Waals surface area contributed by atoms with Crippen molar-refractivity contribution < 1.29 is 19.8 Å². The van der Waals surface area contributed by atoms with E-state index in [2.05, 4.69) is 5.32 Å². The standard InChI is InChI=1S/C11H20N2O4/c1-4-11(2,3)12-10(17)13-6-7(14)5-8(13)9(15)16/h7-8,14H,4-6H2,1-3H3,(H,12,17)(H,15,16)/t7?,8-/m0/s1. The number of rotatable bonds is 3. The van der Waals surface area contributed by atoms with Crippen LogP contribution in [0, 0.1) is 0 Å². The third-order valence-corrected chi connectivity index (χ3v) is 3.15. The Kier molecular flexibility index (Phi) is 3.98. The number of carboxylic acids is 1. The van der Waals surface area contributed by atoms with E-state index in [1.165, 1.54) is 4.90 Å². The van der Waals surface area contributed by atoms with Gasteiger partial charge in [0, 0.05) is 18.5 Å². The van der Waals surface area contributed by atoms with Gasteiger partial charge in [-0.25, -0.2) is 9.59 Å². The molecule has 6 nitrogen and oxygen atoms in total. The molecular formula is C11H20N2O4. The fourth-order valence-electron chi connectivity index (χ4n) is 1.72. The van der Waals surface area contributed by atoms with Crippen molar-refractivity contribution in [3.8, 4) is 0 Å². The first-order valence-corrected chi connectivity index (χ1v) is 5.76. The first-order chi connectivity index (χ1) is 7.76. The Labute approximate surface area is 101 Å². The Bertz CT molecular complexity index is 317. The monoisotopic (exact) mass is 244 g/mol. The van der Waals surface area contributed by atoms with Gasteiger partial charge in [-0.2, -0.15) is 0 Å². The number of hydrogen-bond acceptors (Lipinski definition) is 3. The second-order valence-electron chi connectivity index (χ2n) is 5.06. The molecule has 1 unspecified atom stereocenters. The lowest BCUT2D eigenvalue weighted by molar-refractivity contribution is -0.141. The lowest BCUT2D eigenvalue weighted by Gasteiger charge is -2.29. The van der Waals surface area contributed by atoms with Crippen LogP contribution in [0.1, 0.15) is 33.6 Å². The third-order valence-electron chi connectivity index (χ3n) is 3.15. The van der Waals surface area contributed by atoms with Gasteiger partial charge in [0.1, 0.15) is 6.04 Å². The van der Waals surface area contributed by atoms with E-state index in [0.717, 1.165) is 6.42 Å². The number of urea groups is 1. The predicted octanol–water partition coefficient (Wildman–Crippen LogP) is 0.404. The van der Waals surface area contributed by atoms with Crippen molar-refractivity contribution in [2.24, 2.45) is 0 Å². The highest BCUT2D eigenvalue weighted by Crippen LogP contribution is 2.19. The summed E-state index contributed by atoms with van der Waals surface area (Å²) in [4.78, 5) is 24.1. The van der Waals surface area contributed by atoms with Crippen LogP contribution in [0.4, 0.5) is 4.79 Å². The van der Waals surface area contributed by atoms with Gasteiger partial charge in [0.2, 0.25) is 0 Å². The summed E-state index contributed by atoms with van der Waals surface area (Å²) in [7, 11) is 0. The van der Waals surface area contributed by atoms with Gasteiger partial charge in [0.15, 0.2) is 0 Å². The molecule has 1 aliphatic heterocycles. The number of carboxylic acid groups (broad SMARTS) is 1. The van der Waals surface area contributed by atoms with Crippen LogP contribution in [0.25, 0.3) is 0 Å². The second kappa shape index (κ2) is 4.91. The van der Waals surface area contributed by atoms with E-state index < -0.39 is 24.1 Å². The zero-order chi connectivity index (χ0) is 13.2. The molecule has 0 radical (unpaired) electrons. The number of aliphatic carboxylic acids is 1. The molecule has 0 saturated carbocycles. The molecule has 1 rings (SSSR count). The predicted molar refractivity (Wildman–Crippen MR) is 61.7 cm³/mol. The van der Waals surface area contributed by atoms with Crippen molar-refractivity contribution in [3.63, 3.8) is 0 Å². The fourth-order valence-corrected chi connectivity index (χ4v) is 1.72. The average Bonchev–Trinajstić information content (AvgIpc) is 2.60. The molecule has 98 valence electrons. The molecule has 2 atom stereocenters. The first kappa shape index (κ1) is 13.8. The molecule has 0 aromatic carbocycles. The Hall–Kier alpha value is -1.30. The number of likely N-dealkylation sites (tertiary alicyclic amines) is 1. The van der Waals surface area contributed by atoms with Gasteiger partial charge in [0.25, 0.3) is 0 Å². The highest BCUT2D eigenvalue weighted by atomic mass is 16.4. The quantitative estimate of drug-likeness (QED) is 0.670. The number of aliphatic hydroxyl groups excluding tert-OH is 1. The lowest BCUT2D eigenvalue weighted by Crippen LogP contribution is -2.52. The number of amides is 2. The zero-order valence-electron chi connectivity index (χ0n) is 10.4. The minimum atomic E-state index is -1.08. The molecule has 0 aromatic heterocycles. The first-order valence-electron chi connectivity index (χ1n) is 5.76. The molecule has 0 bridgehead atoms. The van der Waals surface area contributed by atoms with E-state index in [9.17, 15) is 14.7 Å². The van der Waals surface area contributed by atoms with Crippen molar-refractivity contribution in [1.82, 2.24) is 10.2 Å². The van der Waals surface area contributed by atoms with Crippen molar-refractivity contribution in [3.05, 3.63) is 0 Å². The molecule has 6 heteroatoms. The van der Waals surface area contributed by atoms with E-state index >= 15 is 0 Å². The fraction of sp³-hybridized carbons (Fsp3) is 0.818. The zero-order valence-corrected chi connectivity index (χ0v) is 10.4. The number of hydrogen-bond donors (Lipinski definition) is 3. The average molecular weight is 244 g/mol.